The van der Waals surface area contributed by atoms with E-state index in [9.17, 15) is 27.6 Å². The van der Waals surface area contributed by atoms with Crippen LogP contribution >= 0.6 is 35.0 Å². The molecule has 0 unspecified atom stereocenters. The van der Waals surface area contributed by atoms with Crippen LogP contribution in [0.3, 0.4) is 0 Å². The van der Waals surface area contributed by atoms with Crippen molar-refractivity contribution < 1.29 is 13.5 Å². The number of sulfone groups is 1. The van der Waals surface area contributed by atoms with Crippen LogP contribution in [0.1, 0.15) is 37.3 Å². The predicted molar refractivity (Wildman–Crippen MR) is 209 cm³/mol. The normalized spacial score (nSPS) is 11.7. The summed E-state index contributed by atoms with van der Waals surface area (Å²) in [5.74, 6) is 0. The Hall–Kier alpha value is -4.35. The Morgan fingerprint density at radius 3 is 1.89 bits per heavy atom. The smallest absolute Gasteiger partial charge is 0.332 e. The number of hydrogen-bond donors (Lipinski definition) is 2. The quantitative estimate of drug-likeness (QED) is 0.173. The lowest BCUT2D eigenvalue weighted by atomic mass is 10.2. The van der Waals surface area contributed by atoms with E-state index in [1.165, 1.54) is 31.5 Å². The highest BCUT2D eigenvalue weighted by atomic mass is 35.5. The largest absolute Gasteiger partial charge is 0.396 e. The van der Waals surface area contributed by atoms with Crippen molar-refractivity contribution >= 4 is 67.0 Å². The van der Waals surface area contributed by atoms with Gasteiger partial charge in [-0.1, -0.05) is 72.6 Å². The minimum atomic E-state index is -3.66. The molecule has 0 saturated heterocycles. The molecule has 53 heavy (non-hydrogen) atoms. The number of halogens is 2. The molecule has 0 aliphatic heterocycles. The molecule has 4 aromatic heterocycles. The molecular weight excluding hydrogens is 765 g/mol. The first-order valence-corrected chi connectivity index (χ1v) is 20.5. The number of aryl methyl sites for hydroxylation is 1. The van der Waals surface area contributed by atoms with E-state index < -0.39 is 21.1 Å². The van der Waals surface area contributed by atoms with Crippen molar-refractivity contribution in [3.05, 3.63) is 117 Å². The van der Waals surface area contributed by atoms with Crippen molar-refractivity contribution in [1.29, 1.82) is 0 Å². The molecule has 14 nitrogen and oxygen atoms in total. The lowest BCUT2D eigenvalue weighted by Crippen LogP contribution is -2.39. The standard InChI is InChI=1S/C18H21ClN4O2S.C17H18ClN3O5S/c1-4-5-10-22-16(24)14-15(21(2)18(22)25)20-17(26-3)23(14)11-12-6-8-13(19)9-7-12;1-27(25,26)14-9-13-15(16(23)20(7-2-8-22)17(24)19-13)21(14)10-11-3-5-12(18)6-4-11/h6-9H,4-5,10-11H2,1-3H3;3-6,9,22H,2,7-8,10H2,1H3,(H,19,24). The predicted octanol–water partition coefficient (Wildman–Crippen LogP) is 4.10. The molecule has 0 aliphatic rings. The second-order valence-corrected chi connectivity index (χ2v) is 15.9. The first kappa shape index (κ1) is 39.8. The van der Waals surface area contributed by atoms with Crippen molar-refractivity contribution in [3.8, 4) is 0 Å². The molecule has 18 heteroatoms. The van der Waals surface area contributed by atoms with Crippen LogP contribution in [0.4, 0.5) is 0 Å². The summed E-state index contributed by atoms with van der Waals surface area (Å²) >= 11 is 13.3. The maximum absolute atomic E-state index is 13.1. The van der Waals surface area contributed by atoms with Gasteiger partial charge >= 0.3 is 11.4 Å². The summed E-state index contributed by atoms with van der Waals surface area (Å²) in [6.07, 6.45) is 4.87. The fraction of sp³-hybridized carbons (Fsp3) is 0.343. The molecule has 0 fully saturated rings. The number of nitrogens with zero attached hydrogens (tertiary/aromatic N) is 6. The Balaban J connectivity index is 0.000000204. The van der Waals surface area contributed by atoms with Gasteiger partial charge < -0.3 is 19.2 Å². The van der Waals surface area contributed by atoms with Crippen molar-refractivity contribution in [1.82, 2.24) is 32.8 Å². The summed E-state index contributed by atoms with van der Waals surface area (Å²) in [6, 6.07) is 15.6. The van der Waals surface area contributed by atoms with Gasteiger partial charge in [-0.2, -0.15) is 0 Å². The van der Waals surface area contributed by atoms with Gasteiger partial charge in [0.2, 0.25) is 0 Å². The van der Waals surface area contributed by atoms with Gasteiger partial charge in [-0.3, -0.25) is 23.3 Å². The van der Waals surface area contributed by atoms with Gasteiger partial charge in [0.25, 0.3) is 11.1 Å². The number of thioether (sulfide) groups is 1. The van der Waals surface area contributed by atoms with E-state index in [4.69, 9.17) is 28.3 Å². The highest BCUT2D eigenvalue weighted by Crippen LogP contribution is 2.23. The number of fused-ring (bicyclic) bond motifs is 2. The van der Waals surface area contributed by atoms with Crippen LogP contribution in [-0.2, 0) is 43.1 Å². The summed E-state index contributed by atoms with van der Waals surface area (Å²) < 4.78 is 31.5. The topological polar surface area (TPSA) is 176 Å². The number of unbranched alkanes of at least 4 members (excludes halogenated alkanes) is 1. The Morgan fingerprint density at radius 2 is 1.36 bits per heavy atom. The van der Waals surface area contributed by atoms with Crippen molar-refractivity contribution in [3.63, 3.8) is 0 Å². The lowest BCUT2D eigenvalue weighted by molar-refractivity contribution is 0.278. The Kier molecular flexibility index (Phi) is 12.6. The fourth-order valence-corrected chi connectivity index (χ4v) is 7.56. The molecule has 4 heterocycles. The summed E-state index contributed by atoms with van der Waals surface area (Å²) in [6.45, 7) is 2.91. The molecule has 2 N–H and O–H groups in total. The van der Waals surface area contributed by atoms with Crippen LogP contribution in [0.25, 0.3) is 22.2 Å². The summed E-state index contributed by atoms with van der Waals surface area (Å²) in [5.41, 5.74) is 1.02. The van der Waals surface area contributed by atoms with E-state index in [1.807, 2.05) is 42.0 Å². The second-order valence-electron chi connectivity index (χ2n) is 12.3. The monoisotopic (exact) mass is 803 g/mol. The third-order valence-corrected chi connectivity index (χ3v) is 10.8. The molecule has 0 amide bonds. The molecule has 0 saturated carbocycles. The number of H-pyrrole nitrogens is 1. The molecule has 0 radical (unpaired) electrons. The Bertz CT molecular complexity index is 2620. The molecule has 0 spiro atoms. The van der Waals surface area contributed by atoms with E-state index in [0.29, 0.717) is 39.5 Å². The number of aliphatic hydroxyl groups excluding tert-OH is 1. The van der Waals surface area contributed by atoms with Crippen molar-refractivity contribution in [2.75, 3.05) is 19.1 Å². The van der Waals surface area contributed by atoms with Crippen molar-refractivity contribution in [2.24, 2.45) is 7.05 Å². The lowest BCUT2D eigenvalue weighted by Gasteiger charge is -2.10. The molecule has 0 bridgehead atoms. The molecule has 2 aromatic carbocycles. The van der Waals surface area contributed by atoms with Gasteiger partial charge in [0.05, 0.1) is 12.1 Å². The van der Waals surface area contributed by atoms with Gasteiger partial charge in [-0.15, -0.1) is 0 Å². The SMILES string of the molecule is CCCCn1c(=O)c2c(nc(SC)n2Cc2ccc(Cl)cc2)n(C)c1=O.CS(=O)(=O)c1cc2[nH]c(=O)n(CCCO)c(=O)c2n1Cc1ccc(Cl)cc1. The first-order valence-electron chi connectivity index (χ1n) is 16.6. The Morgan fingerprint density at radius 1 is 0.811 bits per heavy atom. The number of aromatic nitrogens is 7. The van der Waals surface area contributed by atoms with E-state index >= 15 is 0 Å². The number of aromatic amines is 1. The van der Waals surface area contributed by atoms with Crippen LogP contribution in [-0.4, -0.2) is 65.4 Å². The highest BCUT2D eigenvalue weighted by Gasteiger charge is 2.23. The van der Waals surface area contributed by atoms with Crippen LogP contribution in [0.5, 0.6) is 0 Å². The second kappa shape index (κ2) is 16.8. The summed E-state index contributed by atoms with van der Waals surface area (Å²) in [5, 5.41) is 10.8. The minimum Gasteiger partial charge on any atom is -0.396 e. The van der Waals surface area contributed by atoms with Gasteiger partial charge in [0, 0.05) is 49.6 Å². The number of aliphatic hydroxyl groups is 1. The average molecular weight is 805 g/mol. The number of imidazole rings is 1. The number of nitrogens with one attached hydrogen (secondary N) is 1. The third-order valence-electron chi connectivity index (χ3n) is 8.54. The third kappa shape index (κ3) is 8.57. The van der Waals surface area contributed by atoms with E-state index in [0.717, 1.165) is 34.8 Å². The maximum Gasteiger partial charge on any atom is 0.332 e. The highest BCUT2D eigenvalue weighted by molar-refractivity contribution is 7.98. The molecule has 6 aromatic rings. The zero-order valence-electron chi connectivity index (χ0n) is 29.5. The van der Waals surface area contributed by atoms with E-state index in [-0.39, 0.29) is 53.4 Å². The summed E-state index contributed by atoms with van der Waals surface area (Å²) in [4.78, 5) is 57.8. The fourth-order valence-electron chi connectivity index (χ4n) is 5.86. The number of benzene rings is 2. The van der Waals surface area contributed by atoms with Crippen LogP contribution in [0, 0.1) is 0 Å². The van der Waals surface area contributed by atoms with Gasteiger partial charge in [0.1, 0.15) is 10.5 Å². The minimum absolute atomic E-state index is 0.0287. The van der Waals surface area contributed by atoms with Gasteiger partial charge in [-0.25, -0.2) is 23.0 Å². The van der Waals surface area contributed by atoms with Crippen LogP contribution < -0.4 is 22.5 Å². The summed E-state index contributed by atoms with van der Waals surface area (Å²) in [7, 11) is -1.99. The average Bonchev–Trinajstić information content (AvgIpc) is 3.68. The van der Waals surface area contributed by atoms with E-state index in [2.05, 4.69) is 9.97 Å². The maximum atomic E-state index is 13.1. The van der Waals surface area contributed by atoms with E-state index in [1.54, 1.807) is 31.3 Å². The van der Waals surface area contributed by atoms with Gasteiger partial charge in [-0.05, 0) is 60.6 Å². The molecule has 0 atom stereocenters. The Labute approximate surface area is 318 Å². The number of hydrogen-bond acceptors (Lipinski definition) is 9. The zero-order valence-corrected chi connectivity index (χ0v) is 32.7. The molecular formula is C35H39Cl2N7O7S2. The first-order chi connectivity index (χ1) is 25.2. The van der Waals surface area contributed by atoms with Crippen LogP contribution in [0.15, 0.2) is 84.0 Å². The zero-order chi connectivity index (χ0) is 38.6. The van der Waals surface area contributed by atoms with Crippen molar-refractivity contribution in [2.45, 2.75) is 62.5 Å². The molecule has 6 rings (SSSR count). The molecule has 0 aliphatic carbocycles. The number of rotatable bonds is 12. The van der Waals surface area contributed by atoms with Gasteiger partial charge in [0.15, 0.2) is 26.2 Å². The molecule has 282 valence electrons. The van der Waals surface area contributed by atoms with Crippen LogP contribution in [0.2, 0.25) is 10.0 Å².